The van der Waals surface area contributed by atoms with Crippen LogP contribution in [0.25, 0.3) is 0 Å². The predicted octanol–water partition coefficient (Wildman–Crippen LogP) is -0.360. The Kier molecular flexibility index (Phi) is 4.85. The van der Waals surface area contributed by atoms with Gasteiger partial charge in [-0.15, -0.1) is 0 Å². The second-order valence-corrected chi connectivity index (χ2v) is 3.60. The van der Waals surface area contributed by atoms with Gasteiger partial charge in [0.1, 0.15) is 11.7 Å². The van der Waals surface area contributed by atoms with Gasteiger partial charge >= 0.3 is 0 Å². The first-order chi connectivity index (χ1) is 5.86. The summed E-state index contributed by atoms with van der Waals surface area (Å²) in [4.78, 5) is 0. The molecule has 0 aromatic carbocycles. The number of hydrogen-bond acceptors (Lipinski definition) is 4. The van der Waals surface area contributed by atoms with Crippen molar-refractivity contribution in [3.63, 3.8) is 0 Å². The van der Waals surface area contributed by atoms with Crippen molar-refractivity contribution in [2.24, 2.45) is 0 Å². The van der Waals surface area contributed by atoms with Crippen LogP contribution in [-0.2, 0) is 0 Å². The molecular weight excluding hydrogens is 172 g/mol. The Balaban J connectivity index is 4.57. The van der Waals surface area contributed by atoms with Crippen LogP contribution in [0.2, 0.25) is 0 Å². The molecule has 0 aromatic heterocycles. The minimum absolute atomic E-state index is 0.261. The Morgan fingerprint density at radius 1 is 1.15 bits per heavy atom. The third-order valence-electron chi connectivity index (χ3n) is 2.34. The van der Waals surface area contributed by atoms with Crippen LogP contribution in [0.1, 0.15) is 33.6 Å². The zero-order valence-electron chi connectivity index (χ0n) is 8.44. The zero-order valence-corrected chi connectivity index (χ0v) is 8.44. The largest absolute Gasteiger partial charge is 0.391 e. The van der Waals surface area contributed by atoms with Crippen molar-refractivity contribution >= 4 is 0 Å². The lowest BCUT2D eigenvalue weighted by atomic mass is 9.84. The van der Waals surface area contributed by atoms with Gasteiger partial charge in [-0.3, -0.25) is 0 Å². The van der Waals surface area contributed by atoms with Gasteiger partial charge in [-0.25, -0.2) is 0 Å². The molecule has 0 fully saturated rings. The first-order valence-electron chi connectivity index (χ1n) is 4.62. The molecule has 0 aromatic rings. The van der Waals surface area contributed by atoms with Crippen LogP contribution in [0.4, 0.5) is 0 Å². The van der Waals surface area contributed by atoms with Crippen molar-refractivity contribution in [2.75, 3.05) is 0 Å². The smallest absolute Gasteiger partial charge is 0.118 e. The normalized spacial score (nSPS) is 23.3. The summed E-state index contributed by atoms with van der Waals surface area (Å²) in [6.45, 7) is 4.62. The fourth-order valence-electron chi connectivity index (χ4n) is 1.42. The molecule has 4 heteroatoms. The average molecular weight is 192 g/mol. The molecule has 0 bridgehead atoms. The summed E-state index contributed by atoms with van der Waals surface area (Å²) in [5, 5.41) is 37.8. The molecule has 80 valence electrons. The molecule has 4 atom stereocenters. The Morgan fingerprint density at radius 2 is 1.62 bits per heavy atom. The van der Waals surface area contributed by atoms with Crippen molar-refractivity contribution in [3.8, 4) is 0 Å². The van der Waals surface area contributed by atoms with Crippen molar-refractivity contribution in [3.05, 3.63) is 0 Å². The molecular formula is C9H20O4. The highest BCUT2D eigenvalue weighted by atomic mass is 16.4. The number of aliphatic hydroxyl groups is 4. The summed E-state index contributed by atoms with van der Waals surface area (Å²) in [7, 11) is 0. The molecule has 0 rings (SSSR count). The van der Waals surface area contributed by atoms with E-state index in [0.717, 1.165) is 0 Å². The van der Waals surface area contributed by atoms with E-state index in [0.29, 0.717) is 6.42 Å². The van der Waals surface area contributed by atoms with E-state index in [9.17, 15) is 15.3 Å². The maximum absolute atomic E-state index is 9.87. The predicted molar refractivity (Wildman–Crippen MR) is 49.2 cm³/mol. The topological polar surface area (TPSA) is 80.9 Å². The van der Waals surface area contributed by atoms with Crippen LogP contribution in [0.5, 0.6) is 0 Å². The SMILES string of the molecule is CCC[C@](O)([C@H](C)O)[C@@H](O)[C@@H](C)O. The summed E-state index contributed by atoms with van der Waals surface area (Å²) in [5.41, 5.74) is -1.61. The van der Waals surface area contributed by atoms with E-state index < -0.39 is 23.9 Å². The Labute approximate surface area is 78.8 Å². The molecule has 13 heavy (non-hydrogen) atoms. The number of hydrogen-bond donors (Lipinski definition) is 4. The highest BCUT2D eigenvalue weighted by molar-refractivity contribution is 4.93. The Hall–Kier alpha value is -0.160. The lowest BCUT2D eigenvalue weighted by Gasteiger charge is -2.36. The number of rotatable bonds is 5. The molecule has 0 saturated heterocycles. The quantitative estimate of drug-likeness (QED) is 0.479. The van der Waals surface area contributed by atoms with E-state index in [1.54, 1.807) is 0 Å². The molecule has 0 spiro atoms. The van der Waals surface area contributed by atoms with Gasteiger partial charge in [0.05, 0.1) is 12.2 Å². The summed E-state index contributed by atoms with van der Waals surface area (Å²) in [5.74, 6) is 0. The van der Waals surface area contributed by atoms with Crippen LogP contribution in [0, 0.1) is 0 Å². The Morgan fingerprint density at radius 3 is 1.85 bits per heavy atom. The average Bonchev–Trinajstić information content (AvgIpc) is 2.02. The first-order valence-corrected chi connectivity index (χ1v) is 4.62. The monoisotopic (exact) mass is 192 g/mol. The fraction of sp³-hybridized carbons (Fsp3) is 1.00. The minimum Gasteiger partial charge on any atom is -0.391 e. The molecule has 4 N–H and O–H groups in total. The second kappa shape index (κ2) is 4.91. The van der Waals surface area contributed by atoms with Crippen LogP contribution >= 0.6 is 0 Å². The third-order valence-corrected chi connectivity index (χ3v) is 2.34. The highest BCUT2D eigenvalue weighted by Crippen LogP contribution is 2.24. The molecule has 0 aliphatic heterocycles. The van der Waals surface area contributed by atoms with Crippen LogP contribution < -0.4 is 0 Å². The van der Waals surface area contributed by atoms with Crippen molar-refractivity contribution in [2.45, 2.75) is 57.5 Å². The maximum Gasteiger partial charge on any atom is 0.118 e. The second-order valence-electron chi connectivity index (χ2n) is 3.60. The van der Waals surface area contributed by atoms with Crippen LogP contribution in [0.15, 0.2) is 0 Å². The Bertz CT molecular complexity index is 147. The fourth-order valence-corrected chi connectivity index (χ4v) is 1.42. The van der Waals surface area contributed by atoms with E-state index in [2.05, 4.69) is 0 Å². The molecule has 0 saturated carbocycles. The van der Waals surface area contributed by atoms with E-state index in [1.807, 2.05) is 6.92 Å². The van der Waals surface area contributed by atoms with Gasteiger partial charge < -0.3 is 20.4 Å². The summed E-state index contributed by atoms with van der Waals surface area (Å²) >= 11 is 0. The van der Waals surface area contributed by atoms with Crippen molar-refractivity contribution in [1.29, 1.82) is 0 Å². The molecule has 0 heterocycles. The molecule has 0 amide bonds. The minimum atomic E-state index is -1.61. The van der Waals surface area contributed by atoms with Gasteiger partial charge in [0.2, 0.25) is 0 Å². The molecule has 4 nitrogen and oxygen atoms in total. The van der Waals surface area contributed by atoms with Gasteiger partial charge in [-0.1, -0.05) is 13.3 Å². The molecule has 0 aliphatic rings. The standard InChI is InChI=1S/C9H20O4/c1-4-5-9(13,7(3)11)8(12)6(2)10/h6-8,10-13H,4-5H2,1-3H3/t6-,7+,8+,9+/m1/s1. The third kappa shape index (κ3) is 2.91. The first kappa shape index (κ1) is 12.8. The van der Waals surface area contributed by atoms with E-state index in [1.165, 1.54) is 13.8 Å². The lowest BCUT2D eigenvalue weighted by molar-refractivity contribution is -0.173. The lowest BCUT2D eigenvalue weighted by Crippen LogP contribution is -2.55. The van der Waals surface area contributed by atoms with Crippen LogP contribution in [-0.4, -0.2) is 44.3 Å². The van der Waals surface area contributed by atoms with Gasteiger partial charge in [-0.2, -0.15) is 0 Å². The summed E-state index contributed by atoms with van der Waals surface area (Å²) in [6, 6.07) is 0. The van der Waals surface area contributed by atoms with Gasteiger partial charge in [0.25, 0.3) is 0 Å². The molecule has 0 radical (unpaired) electrons. The van der Waals surface area contributed by atoms with E-state index in [-0.39, 0.29) is 6.42 Å². The van der Waals surface area contributed by atoms with Gasteiger partial charge in [0.15, 0.2) is 0 Å². The zero-order chi connectivity index (χ0) is 10.6. The maximum atomic E-state index is 9.87. The van der Waals surface area contributed by atoms with E-state index >= 15 is 0 Å². The van der Waals surface area contributed by atoms with E-state index in [4.69, 9.17) is 5.11 Å². The van der Waals surface area contributed by atoms with Crippen molar-refractivity contribution in [1.82, 2.24) is 0 Å². The highest BCUT2D eigenvalue weighted by Gasteiger charge is 2.41. The summed E-state index contributed by atoms with van der Waals surface area (Å²) < 4.78 is 0. The van der Waals surface area contributed by atoms with Gasteiger partial charge in [0, 0.05) is 0 Å². The molecule has 0 aliphatic carbocycles. The van der Waals surface area contributed by atoms with Gasteiger partial charge in [-0.05, 0) is 20.3 Å². The van der Waals surface area contributed by atoms with Crippen LogP contribution in [0.3, 0.4) is 0 Å². The number of aliphatic hydroxyl groups excluding tert-OH is 3. The molecule has 0 unspecified atom stereocenters. The summed E-state index contributed by atoms with van der Waals surface area (Å²) in [6.07, 6.45) is -2.53. The van der Waals surface area contributed by atoms with Crippen molar-refractivity contribution < 1.29 is 20.4 Å².